The number of carboxylic acid groups (broad SMARTS) is 1. The second-order valence-corrected chi connectivity index (χ2v) is 5.71. The van der Waals surface area contributed by atoms with Crippen LogP contribution in [0.2, 0.25) is 0 Å². The Morgan fingerprint density at radius 1 is 1.07 bits per heavy atom. The first-order valence-electron chi connectivity index (χ1n) is 7.28. The van der Waals surface area contributed by atoms with Crippen molar-refractivity contribution in [3.63, 3.8) is 0 Å². The van der Waals surface area contributed by atoms with Crippen LogP contribution in [0.4, 0.5) is 11.4 Å². The first kappa shape index (κ1) is 29.8. The number of carbonyl (C=O) groups excluding carboxylic acids is 1. The maximum absolute atomic E-state index is 12.6. The molecule has 1 aromatic heterocycles. The molecule has 0 saturated heterocycles. The summed E-state index contributed by atoms with van der Waals surface area (Å²) in [6.07, 6.45) is 0. The number of aromatic carboxylic acids is 1. The van der Waals surface area contributed by atoms with Gasteiger partial charge in [0.05, 0.1) is 23.7 Å². The van der Waals surface area contributed by atoms with Gasteiger partial charge in [-0.05, 0) is 30.0 Å². The minimum atomic E-state index is -1.60. The number of rotatable bonds is 7. The average Bonchev–Trinajstić information content (AvgIpc) is 3.02. The third-order valence-electron chi connectivity index (χ3n) is 3.29. The Kier molecular flexibility index (Phi) is 14.6. The summed E-state index contributed by atoms with van der Waals surface area (Å²) in [5.41, 5.74) is -0.880. The summed E-state index contributed by atoms with van der Waals surface area (Å²) in [7, 11) is 0. The number of carbonyl (C=O) groups is 1. The van der Waals surface area contributed by atoms with Gasteiger partial charge in [-0.25, -0.2) is 4.68 Å². The van der Waals surface area contributed by atoms with Gasteiger partial charge in [0.25, 0.3) is 5.56 Å². The molecular formula is C16H9N4Na3O6S. The van der Waals surface area contributed by atoms with Gasteiger partial charge in [0.15, 0.2) is 5.69 Å². The third-order valence-corrected chi connectivity index (χ3v) is 3.88. The molecule has 0 radical (unpaired) electrons. The van der Waals surface area contributed by atoms with Crippen LogP contribution in [-0.2, 0) is 9.37 Å². The maximum Gasteiger partial charge on any atom is 1.00 e. The standard InChI is InChI=1S/C16H11N4O6S.3Na/c21-15-13(18-17-10-4-2-1-3-5-10)14(16(22)23)19-20(15)11-6-8-12(9-7-11)27-26-25-24;;;/h2-9,19,24H,(H,22,23);;;/q-1;3*+1/p-2. The minimum absolute atomic E-state index is 0. The molecule has 0 saturated carbocycles. The fourth-order valence-electron chi connectivity index (χ4n) is 2.10. The molecule has 10 nitrogen and oxygen atoms in total. The molecule has 1 N–H and O–H groups in total. The van der Waals surface area contributed by atoms with Crippen LogP contribution in [0.3, 0.4) is 0 Å². The normalized spacial score (nSPS) is 10.0. The topological polar surface area (TPSA) is 144 Å². The molecule has 0 atom stereocenters. The molecule has 0 spiro atoms. The van der Waals surface area contributed by atoms with Crippen molar-refractivity contribution in [2.45, 2.75) is 4.90 Å². The van der Waals surface area contributed by atoms with Crippen molar-refractivity contribution < 1.29 is 113 Å². The number of azo groups is 1. The fourth-order valence-corrected chi connectivity index (χ4v) is 2.46. The maximum atomic E-state index is 12.6. The van der Waals surface area contributed by atoms with E-state index in [9.17, 15) is 20.0 Å². The van der Waals surface area contributed by atoms with Gasteiger partial charge < -0.3 is 15.2 Å². The van der Waals surface area contributed by atoms with Crippen LogP contribution in [0.1, 0.15) is 10.5 Å². The number of nitrogens with zero attached hydrogens (tertiary/aromatic N) is 3. The predicted molar refractivity (Wildman–Crippen MR) is 88.2 cm³/mol. The van der Waals surface area contributed by atoms with E-state index in [1.54, 1.807) is 24.3 Å². The van der Waals surface area contributed by atoms with E-state index in [0.717, 1.165) is 4.68 Å². The van der Waals surface area contributed by atoms with Crippen LogP contribution in [0.15, 0.2) is 68.4 Å². The molecule has 2 aromatic carbocycles. The van der Waals surface area contributed by atoms with Crippen molar-refractivity contribution in [3.8, 4) is 5.69 Å². The molecular weight excluding hydrogens is 445 g/mol. The molecule has 0 aliphatic heterocycles. The number of hydrogen-bond donors (Lipinski definition) is 1. The van der Waals surface area contributed by atoms with Gasteiger partial charge in [-0.15, -0.1) is 17.2 Å². The third kappa shape index (κ3) is 7.71. The number of benzene rings is 2. The molecule has 0 bridgehead atoms. The van der Waals surface area contributed by atoms with E-state index in [1.807, 2.05) is 0 Å². The molecule has 0 aliphatic carbocycles. The summed E-state index contributed by atoms with van der Waals surface area (Å²) in [6, 6.07) is 15.3. The summed E-state index contributed by atoms with van der Waals surface area (Å²) in [5.74, 6) is -1.60. The first-order chi connectivity index (χ1) is 13.1. The zero-order chi connectivity index (χ0) is 19.2. The van der Waals surface area contributed by atoms with E-state index >= 15 is 0 Å². The quantitative estimate of drug-likeness (QED) is 0.0933. The van der Waals surface area contributed by atoms with E-state index in [-0.39, 0.29) is 88.7 Å². The average molecular weight is 454 g/mol. The Labute approximate surface area is 241 Å². The molecule has 30 heavy (non-hydrogen) atoms. The van der Waals surface area contributed by atoms with Crippen LogP contribution < -0.4 is 105 Å². The van der Waals surface area contributed by atoms with Gasteiger partial charge in [0, 0.05) is 4.90 Å². The van der Waals surface area contributed by atoms with Crippen LogP contribution in [0, 0.1) is 6.07 Å². The molecule has 1 heterocycles. The van der Waals surface area contributed by atoms with Crippen molar-refractivity contribution in [1.29, 1.82) is 0 Å². The number of aromatic nitrogens is 2. The SMILES string of the molecule is O=C([O-])c1[nH]n(-c2ccc(SOO[O-])cc2)c(=O)c1N=Nc1cc[c-]cc1.[Na+].[Na+].[Na+]. The second kappa shape index (κ2) is 14.7. The van der Waals surface area contributed by atoms with E-state index in [4.69, 9.17) is 0 Å². The summed E-state index contributed by atoms with van der Waals surface area (Å²) in [4.78, 5) is 24.4. The van der Waals surface area contributed by atoms with Crippen molar-refractivity contribution in [2.24, 2.45) is 10.2 Å². The Hall–Kier alpha value is -0.250. The predicted octanol–water partition coefficient (Wildman–Crippen LogP) is -8.01. The number of carboxylic acids is 1. The Balaban J connectivity index is 0.00000280. The molecule has 3 aromatic rings. The van der Waals surface area contributed by atoms with Crippen LogP contribution >= 0.6 is 12.0 Å². The largest absolute Gasteiger partial charge is 1.00 e. The van der Waals surface area contributed by atoms with Crippen LogP contribution in [-0.4, -0.2) is 15.7 Å². The molecule has 3 rings (SSSR count). The van der Waals surface area contributed by atoms with Gasteiger partial charge in [0.1, 0.15) is 5.69 Å². The van der Waals surface area contributed by atoms with E-state index < -0.39 is 22.9 Å². The number of hydrogen-bond acceptors (Lipinski definition) is 9. The molecule has 0 amide bonds. The van der Waals surface area contributed by atoms with E-state index in [2.05, 4.69) is 30.8 Å². The van der Waals surface area contributed by atoms with Crippen molar-refractivity contribution >= 4 is 29.4 Å². The fraction of sp³-hybridized carbons (Fsp3) is 0. The molecule has 138 valence electrons. The molecule has 14 heteroatoms. The van der Waals surface area contributed by atoms with Crippen LogP contribution in [0.25, 0.3) is 5.69 Å². The second-order valence-electron chi connectivity index (χ2n) is 4.93. The number of H-pyrrole nitrogens is 1. The van der Waals surface area contributed by atoms with Gasteiger partial charge in [0.2, 0.25) is 0 Å². The van der Waals surface area contributed by atoms with Gasteiger partial charge in [-0.1, -0.05) is 0 Å². The number of aromatic amines is 1. The minimum Gasteiger partial charge on any atom is -0.691 e. The summed E-state index contributed by atoms with van der Waals surface area (Å²) in [5, 5.41) is 34.4. The van der Waals surface area contributed by atoms with Gasteiger partial charge in [-0.3, -0.25) is 14.9 Å². The molecule has 0 fully saturated rings. The Morgan fingerprint density at radius 3 is 2.27 bits per heavy atom. The van der Waals surface area contributed by atoms with Crippen molar-refractivity contribution in [2.75, 3.05) is 0 Å². The van der Waals surface area contributed by atoms with Gasteiger partial charge in [-0.2, -0.15) is 27.6 Å². The Bertz CT molecular complexity index is 1030. The van der Waals surface area contributed by atoms with Crippen molar-refractivity contribution in [1.82, 2.24) is 9.78 Å². The van der Waals surface area contributed by atoms with Crippen LogP contribution in [0.5, 0.6) is 0 Å². The summed E-state index contributed by atoms with van der Waals surface area (Å²) in [6.45, 7) is 0. The summed E-state index contributed by atoms with van der Waals surface area (Å²) < 4.78 is 5.17. The van der Waals surface area contributed by atoms with Crippen molar-refractivity contribution in [3.05, 3.63) is 70.6 Å². The zero-order valence-corrected chi connectivity index (χ0v) is 23.1. The molecule has 0 aliphatic rings. The monoisotopic (exact) mass is 454 g/mol. The smallest absolute Gasteiger partial charge is 0.691 e. The molecule has 0 unspecified atom stereocenters. The number of nitrogens with one attached hydrogen (secondary N) is 1. The Morgan fingerprint density at radius 2 is 1.70 bits per heavy atom. The zero-order valence-electron chi connectivity index (χ0n) is 16.3. The van der Waals surface area contributed by atoms with E-state index in [0.29, 0.717) is 28.3 Å². The first-order valence-corrected chi connectivity index (χ1v) is 8.02. The van der Waals surface area contributed by atoms with Gasteiger partial charge >= 0.3 is 88.7 Å². The van der Waals surface area contributed by atoms with E-state index in [1.165, 1.54) is 24.3 Å². The summed E-state index contributed by atoms with van der Waals surface area (Å²) >= 11 is 0.675.